The molecule has 0 aliphatic carbocycles. The van der Waals surface area contributed by atoms with Crippen LogP contribution in [0.25, 0.3) is 0 Å². The van der Waals surface area contributed by atoms with E-state index in [9.17, 15) is 0 Å². The summed E-state index contributed by atoms with van der Waals surface area (Å²) in [6.07, 6.45) is 3.78. The van der Waals surface area contributed by atoms with E-state index in [-0.39, 0.29) is 0 Å². The van der Waals surface area contributed by atoms with Gasteiger partial charge in [0, 0.05) is 6.20 Å². The molecule has 1 aliphatic heterocycles. The van der Waals surface area contributed by atoms with Crippen molar-refractivity contribution in [3.63, 3.8) is 0 Å². The Kier molecular flexibility index (Phi) is 3.08. The van der Waals surface area contributed by atoms with Crippen LogP contribution in [0.3, 0.4) is 0 Å². The zero-order valence-electron chi connectivity index (χ0n) is 7.63. The van der Waals surface area contributed by atoms with Crippen molar-refractivity contribution < 1.29 is 0 Å². The van der Waals surface area contributed by atoms with E-state index in [1.807, 2.05) is 41.4 Å². The maximum absolute atomic E-state index is 4.11. The second-order valence-electron chi connectivity index (χ2n) is 2.82. The Morgan fingerprint density at radius 2 is 2.21 bits per heavy atom. The molecule has 0 saturated carbocycles. The molecule has 72 valence electrons. The Balaban J connectivity index is 1.85. The standard InChI is InChI=1S/C10H11N3S/c1-2-4-10(5-3-1)12-11-8-13-6-7-14-9-13/h1-8,12H,9H2. The number of benzene rings is 1. The Labute approximate surface area is 87.5 Å². The SMILES string of the molecule is C1=CN(C=NNc2ccccc2)CS1. The number of hydrazone groups is 1. The van der Waals surface area contributed by atoms with Crippen molar-refractivity contribution in [1.29, 1.82) is 0 Å². The topological polar surface area (TPSA) is 27.6 Å². The van der Waals surface area contributed by atoms with Crippen molar-refractivity contribution in [3.05, 3.63) is 41.9 Å². The molecule has 1 heterocycles. The van der Waals surface area contributed by atoms with Crippen molar-refractivity contribution in [2.75, 3.05) is 11.3 Å². The molecule has 1 N–H and O–H groups in total. The number of nitrogens with zero attached hydrogens (tertiary/aromatic N) is 2. The van der Waals surface area contributed by atoms with Crippen LogP contribution in [0.15, 0.2) is 47.0 Å². The molecule has 0 saturated heterocycles. The normalized spacial score (nSPS) is 15.3. The highest BCUT2D eigenvalue weighted by atomic mass is 32.2. The molecule has 14 heavy (non-hydrogen) atoms. The highest BCUT2D eigenvalue weighted by Gasteiger charge is 1.99. The minimum Gasteiger partial charge on any atom is -0.327 e. The van der Waals surface area contributed by atoms with E-state index in [2.05, 4.69) is 15.9 Å². The molecule has 1 aliphatic rings. The molecule has 0 fully saturated rings. The maximum Gasteiger partial charge on any atom is 0.116 e. The van der Waals surface area contributed by atoms with Gasteiger partial charge in [-0.25, -0.2) is 0 Å². The second-order valence-corrected chi connectivity index (χ2v) is 3.68. The van der Waals surface area contributed by atoms with E-state index >= 15 is 0 Å². The van der Waals surface area contributed by atoms with E-state index in [4.69, 9.17) is 0 Å². The lowest BCUT2D eigenvalue weighted by Gasteiger charge is -2.06. The summed E-state index contributed by atoms with van der Waals surface area (Å²) in [7, 11) is 0. The van der Waals surface area contributed by atoms with Crippen LogP contribution in [0.4, 0.5) is 5.69 Å². The predicted molar refractivity (Wildman–Crippen MR) is 62.0 cm³/mol. The van der Waals surface area contributed by atoms with E-state index in [1.165, 1.54) is 0 Å². The quantitative estimate of drug-likeness (QED) is 0.467. The maximum atomic E-state index is 4.11. The Morgan fingerprint density at radius 3 is 2.93 bits per heavy atom. The second kappa shape index (κ2) is 4.72. The summed E-state index contributed by atoms with van der Waals surface area (Å²) in [6.45, 7) is 0. The lowest BCUT2D eigenvalue weighted by atomic mass is 10.3. The molecule has 0 spiro atoms. The van der Waals surface area contributed by atoms with Crippen molar-refractivity contribution in [2.45, 2.75) is 0 Å². The molecule has 1 aromatic carbocycles. The Hall–Kier alpha value is -1.42. The molecular weight excluding hydrogens is 194 g/mol. The minimum absolute atomic E-state index is 0.944. The number of hydrogen-bond acceptors (Lipinski definition) is 3. The van der Waals surface area contributed by atoms with Gasteiger partial charge >= 0.3 is 0 Å². The van der Waals surface area contributed by atoms with Gasteiger partial charge in [0.1, 0.15) is 6.34 Å². The third-order valence-corrected chi connectivity index (χ3v) is 2.51. The van der Waals surface area contributed by atoms with Crippen LogP contribution in [0.5, 0.6) is 0 Å². The lowest BCUT2D eigenvalue weighted by Crippen LogP contribution is -2.10. The molecule has 0 radical (unpaired) electrons. The first kappa shape index (κ1) is 9.15. The highest BCUT2D eigenvalue weighted by molar-refractivity contribution is 8.02. The monoisotopic (exact) mass is 205 g/mol. The van der Waals surface area contributed by atoms with Gasteiger partial charge in [-0.05, 0) is 17.5 Å². The zero-order valence-corrected chi connectivity index (χ0v) is 8.45. The van der Waals surface area contributed by atoms with Gasteiger partial charge in [0.25, 0.3) is 0 Å². The van der Waals surface area contributed by atoms with Gasteiger partial charge < -0.3 is 4.90 Å². The summed E-state index contributed by atoms with van der Waals surface area (Å²) < 4.78 is 0. The average Bonchev–Trinajstić information content (AvgIpc) is 2.72. The van der Waals surface area contributed by atoms with E-state index in [1.54, 1.807) is 18.1 Å². The van der Waals surface area contributed by atoms with Crippen molar-refractivity contribution >= 4 is 23.8 Å². The van der Waals surface area contributed by atoms with Crippen molar-refractivity contribution in [2.24, 2.45) is 5.10 Å². The number of thioether (sulfide) groups is 1. The van der Waals surface area contributed by atoms with Gasteiger partial charge in [0.15, 0.2) is 0 Å². The van der Waals surface area contributed by atoms with Crippen LogP contribution < -0.4 is 5.43 Å². The van der Waals surface area contributed by atoms with Crippen LogP contribution in [-0.2, 0) is 0 Å². The number of rotatable bonds is 3. The summed E-state index contributed by atoms with van der Waals surface area (Å²) in [5.41, 5.74) is 3.96. The fourth-order valence-electron chi connectivity index (χ4n) is 1.06. The van der Waals surface area contributed by atoms with Crippen LogP contribution >= 0.6 is 11.8 Å². The molecule has 0 bridgehead atoms. The largest absolute Gasteiger partial charge is 0.327 e. The van der Waals surface area contributed by atoms with E-state index < -0.39 is 0 Å². The molecule has 0 atom stereocenters. The van der Waals surface area contributed by atoms with Crippen LogP contribution in [0.1, 0.15) is 0 Å². The summed E-state index contributed by atoms with van der Waals surface area (Å²) in [6, 6.07) is 9.89. The highest BCUT2D eigenvalue weighted by Crippen LogP contribution is 2.12. The van der Waals surface area contributed by atoms with Gasteiger partial charge in [0.05, 0.1) is 11.6 Å². The third kappa shape index (κ3) is 2.53. The van der Waals surface area contributed by atoms with Crippen molar-refractivity contribution in [1.82, 2.24) is 4.90 Å². The summed E-state index contributed by atoms with van der Waals surface area (Å²) in [4.78, 5) is 2.01. The third-order valence-electron chi connectivity index (χ3n) is 1.75. The van der Waals surface area contributed by atoms with Gasteiger partial charge in [-0.1, -0.05) is 18.2 Å². The average molecular weight is 205 g/mol. The number of para-hydroxylation sites is 1. The fourth-order valence-corrected chi connectivity index (χ4v) is 1.71. The van der Waals surface area contributed by atoms with E-state index in [0.717, 1.165) is 11.6 Å². The van der Waals surface area contributed by atoms with Gasteiger partial charge in [-0.3, -0.25) is 5.43 Å². The van der Waals surface area contributed by atoms with Crippen LogP contribution in [0, 0.1) is 0 Å². The lowest BCUT2D eigenvalue weighted by molar-refractivity contribution is 0.694. The number of nitrogens with one attached hydrogen (secondary N) is 1. The molecule has 1 aromatic rings. The molecule has 0 unspecified atom stereocenters. The molecule has 2 rings (SSSR count). The summed E-state index contributed by atoms with van der Waals surface area (Å²) in [5.74, 6) is 0.944. The number of anilines is 1. The van der Waals surface area contributed by atoms with Crippen LogP contribution in [0.2, 0.25) is 0 Å². The summed E-state index contributed by atoms with van der Waals surface area (Å²) >= 11 is 1.75. The van der Waals surface area contributed by atoms with Gasteiger partial charge in [-0.2, -0.15) is 5.10 Å². The Bertz CT molecular complexity index is 334. The molecular formula is C10H11N3S. The first-order chi connectivity index (χ1) is 6.95. The van der Waals surface area contributed by atoms with Gasteiger partial charge in [0.2, 0.25) is 0 Å². The minimum atomic E-state index is 0.944. The van der Waals surface area contributed by atoms with Crippen LogP contribution in [-0.4, -0.2) is 17.1 Å². The molecule has 0 aromatic heterocycles. The predicted octanol–water partition coefficient (Wildman–Crippen LogP) is 2.52. The zero-order chi connectivity index (χ0) is 9.64. The van der Waals surface area contributed by atoms with Crippen molar-refractivity contribution in [3.8, 4) is 0 Å². The van der Waals surface area contributed by atoms with E-state index in [0.29, 0.717) is 0 Å². The fraction of sp³-hybridized carbons (Fsp3) is 0.100. The Morgan fingerprint density at radius 1 is 1.36 bits per heavy atom. The smallest absolute Gasteiger partial charge is 0.116 e. The first-order valence-corrected chi connectivity index (χ1v) is 5.38. The number of hydrogen-bond donors (Lipinski definition) is 1. The molecule has 3 nitrogen and oxygen atoms in total. The molecule has 4 heteroatoms. The molecule has 0 amide bonds. The first-order valence-electron chi connectivity index (χ1n) is 4.33. The van der Waals surface area contributed by atoms with Gasteiger partial charge in [-0.15, -0.1) is 11.8 Å². The summed E-state index contributed by atoms with van der Waals surface area (Å²) in [5, 5.41) is 6.16.